The highest BCUT2D eigenvalue weighted by Crippen LogP contribution is 2.32. The summed E-state index contributed by atoms with van der Waals surface area (Å²) in [4.78, 5) is 27.5. The van der Waals surface area contributed by atoms with Crippen LogP contribution in [0.15, 0.2) is 28.9 Å². The minimum absolute atomic E-state index is 0.0209. The Morgan fingerprint density at radius 3 is 2.72 bits per heavy atom. The number of furan rings is 1. The van der Waals surface area contributed by atoms with Gasteiger partial charge in [0.05, 0.1) is 18.9 Å². The maximum absolute atomic E-state index is 13.4. The van der Waals surface area contributed by atoms with Gasteiger partial charge < -0.3 is 25.1 Å². The molecule has 2 aliphatic rings. The predicted molar refractivity (Wildman–Crippen MR) is 123 cm³/mol. The Morgan fingerprint density at radius 1 is 1.25 bits per heavy atom. The summed E-state index contributed by atoms with van der Waals surface area (Å²) < 4.78 is 11.7. The zero-order chi connectivity index (χ0) is 22.8. The number of carbonyl (C=O) groups excluding carboxylic acids is 2. The number of benzene rings is 1. The second-order valence-corrected chi connectivity index (χ2v) is 9.72. The molecule has 174 valence electrons. The number of nitrogens with one attached hydrogen (secondary N) is 1. The van der Waals surface area contributed by atoms with Gasteiger partial charge in [0.15, 0.2) is 0 Å². The van der Waals surface area contributed by atoms with Crippen molar-refractivity contribution in [2.75, 3.05) is 13.2 Å². The molecule has 3 atom stereocenters. The number of nitrogens with zero attached hydrogens (tertiary/aromatic N) is 1. The molecule has 1 aliphatic carbocycles. The van der Waals surface area contributed by atoms with Crippen molar-refractivity contribution in [3.63, 3.8) is 0 Å². The first-order chi connectivity index (χ1) is 15.3. The molecule has 2 fully saturated rings. The molecule has 1 aliphatic heterocycles. The maximum atomic E-state index is 13.4. The van der Waals surface area contributed by atoms with E-state index < -0.39 is 12.1 Å². The Kier molecular flexibility index (Phi) is 6.74. The number of carbonyl (C=O) groups is 2. The van der Waals surface area contributed by atoms with Crippen molar-refractivity contribution in [3.05, 3.63) is 30.0 Å². The van der Waals surface area contributed by atoms with Crippen LogP contribution in [0.3, 0.4) is 0 Å². The normalized spacial score (nSPS) is 20.5. The van der Waals surface area contributed by atoms with E-state index in [1.165, 1.54) is 12.8 Å². The molecule has 0 unspecified atom stereocenters. The second-order valence-electron chi connectivity index (χ2n) is 9.72. The molecular formula is C25H35N3O4. The molecule has 7 heteroatoms. The number of rotatable bonds is 9. The molecule has 1 saturated carbocycles. The third kappa shape index (κ3) is 5.09. The van der Waals surface area contributed by atoms with Gasteiger partial charge in [0.2, 0.25) is 11.8 Å². The number of likely N-dealkylation sites (tertiary alicyclic amines) is 1. The number of amides is 2. The van der Waals surface area contributed by atoms with Gasteiger partial charge in [0.25, 0.3) is 0 Å². The van der Waals surface area contributed by atoms with Crippen LogP contribution < -0.4 is 15.8 Å². The van der Waals surface area contributed by atoms with Crippen LogP contribution in [0.1, 0.15) is 52.0 Å². The summed E-state index contributed by atoms with van der Waals surface area (Å²) in [6, 6.07) is 4.82. The van der Waals surface area contributed by atoms with Crippen molar-refractivity contribution in [2.24, 2.45) is 17.6 Å². The Balaban J connectivity index is 1.48. The van der Waals surface area contributed by atoms with Gasteiger partial charge in [-0.15, -0.1) is 0 Å². The molecule has 0 radical (unpaired) electrons. The Morgan fingerprint density at radius 2 is 2.03 bits per heavy atom. The summed E-state index contributed by atoms with van der Waals surface area (Å²) in [5.74, 6) is 1.21. The number of hydrogen-bond acceptors (Lipinski definition) is 5. The molecule has 4 rings (SSSR count). The van der Waals surface area contributed by atoms with E-state index in [-0.39, 0.29) is 23.8 Å². The molecule has 0 bridgehead atoms. The molecule has 2 aromatic rings. The monoisotopic (exact) mass is 441 g/mol. The van der Waals surface area contributed by atoms with E-state index in [1.54, 1.807) is 13.2 Å². The van der Waals surface area contributed by atoms with Gasteiger partial charge in [-0.05, 0) is 69.1 Å². The lowest BCUT2D eigenvalue weighted by Crippen LogP contribution is -2.55. The average molecular weight is 442 g/mol. The van der Waals surface area contributed by atoms with Crippen molar-refractivity contribution in [3.8, 4) is 5.75 Å². The fourth-order valence-corrected chi connectivity index (χ4v) is 4.38. The molecular weight excluding hydrogens is 406 g/mol. The second kappa shape index (κ2) is 9.53. The van der Waals surface area contributed by atoms with Gasteiger partial charge >= 0.3 is 0 Å². The standard InChI is InChI=1S/C25H35N3O4/c1-15(2)23(27-24(29)16(3)26)25(30)28-10-4-5-19(28)11-18-14-32-22-9-8-20(12-21(18)22)31-13-17-6-7-17/h8-9,12,14-17,19,23H,4-7,10-11,13,26H2,1-3H3,(H,27,29)/t16-,19-,23-/m0/s1. The molecule has 1 aromatic heterocycles. The number of hydrogen-bond donors (Lipinski definition) is 2. The fraction of sp³-hybridized carbons (Fsp3) is 0.600. The van der Waals surface area contributed by atoms with Crippen LogP contribution in [-0.2, 0) is 16.0 Å². The van der Waals surface area contributed by atoms with Crippen LogP contribution in [0.2, 0.25) is 0 Å². The first-order valence-electron chi connectivity index (χ1n) is 11.8. The molecule has 2 heterocycles. The van der Waals surface area contributed by atoms with E-state index in [2.05, 4.69) is 11.4 Å². The fourth-order valence-electron chi connectivity index (χ4n) is 4.38. The predicted octanol–water partition coefficient (Wildman–Crippen LogP) is 3.24. The summed E-state index contributed by atoms with van der Waals surface area (Å²) in [6.07, 6.45) is 6.92. The zero-order valence-corrected chi connectivity index (χ0v) is 19.3. The summed E-state index contributed by atoms with van der Waals surface area (Å²) in [5.41, 5.74) is 7.62. The molecule has 3 N–H and O–H groups in total. The number of fused-ring (bicyclic) bond motifs is 1. The lowest BCUT2D eigenvalue weighted by Gasteiger charge is -2.31. The Hall–Kier alpha value is -2.54. The zero-order valence-electron chi connectivity index (χ0n) is 19.3. The van der Waals surface area contributed by atoms with Gasteiger partial charge in [0, 0.05) is 23.5 Å². The van der Waals surface area contributed by atoms with E-state index in [1.807, 2.05) is 30.9 Å². The topological polar surface area (TPSA) is 97.8 Å². The lowest BCUT2D eigenvalue weighted by atomic mass is 9.99. The van der Waals surface area contributed by atoms with E-state index >= 15 is 0 Å². The molecule has 0 spiro atoms. The van der Waals surface area contributed by atoms with Crippen LogP contribution in [0.25, 0.3) is 11.0 Å². The maximum Gasteiger partial charge on any atom is 0.245 e. The van der Waals surface area contributed by atoms with E-state index in [4.69, 9.17) is 14.9 Å². The van der Waals surface area contributed by atoms with Crippen LogP contribution >= 0.6 is 0 Å². The Labute approximate surface area is 189 Å². The lowest BCUT2D eigenvalue weighted by molar-refractivity contribution is -0.138. The Bertz CT molecular complexity index is 963. The number of nitrogens with two attached hydrogens (primary N) is 1. The third-order valence-electron chi connectivity index (χ3n) is 6.57. The molecule has 2 amide bonds. The van der Waals surface area contributed by atoms with Crippen molar-refractivity contribution >= 4 is 22.8 Å². The van der Waals surface area contributed by atoms with Crippen molar-refractivity contribution in [2.45, 2.75) is 71.0 Å². The van der Waals surface area contributed by atoms with E-state index in [0.29, 0.717) is 12.5 Å². The van der Waals surface area contributed by atoms with Crippen molar-refractivity contribution in [1.82, 2.24) is 10.2 Å². The first kappa shape index (κ1) is 22.6. The van der Waals surface area contributed by atoms with Crippen LogP contribution in [-0.4, -0.2) is 48.0 Å². The highest BCUT2D eigenvalue weighted by Gasteiger charge is 2.36. The van der Waals surface area contributed by atoms with Gasteiger partial charge in [-0.25, -0.2) is 0 Å². The smallest absolute Gasteiger partial charge is 0.245 e. The molecule has 1 saturated heterocycles. The molecule has 1 aromatic carbocycles. The summed E-state index contributed by atoms with van der Waals surface area (Å²) in [7, 11) is 0. The number of ether oxygens (including phenoxy) is 1. The highest BCUT2D eigenvalue weighted by atomic mass is 16.5. The average Bonchev–Trinajstić information content (AvgIpc) is 3.34. The van der Waals surface area contributed by atoms with Crippen molar-refractivity contribution in [1.29, 1.82) is 0 Å². The molecule has 7 nitrogen and oxygen atoms in total. The summed E-state index contributed by atoms with van der Waals surface area (Å²) >= 11 is 0. The van der Waals surface area contributed by atoms with Crippen LogP contribution in [0, 0.1) is 11.8 Å². The minimum atomic E-state index is -0.646. The van der Waals surface area contributed by atoms with Gasteiger partial charge in [-0.1, -0.05) is 13.8 Å². The van der Waals surface area contributed by atoms with E-state index in [0.717, 1.165) is 48.2 Å². The van der Waals surface area contributed by atoms with Crippen molar-refractivity contribution < 1.29 is 18.7 Å². The van der Waals surface area contributed by atoms with E-state index in [9.17, 15) is 9.59 Å². The minimum Gasteiger partial charge on any atom is -0.493 e. The highest BCUT2D eigenvalue weighted by molar-refractivity contribution is 5.90. The SMILES string of the molecule is CC(C)[C@H](NC(=O)[C@H](C)N)C(=O)N1CCC[C@H]1Cc1coc2ccc(OCC3CC3)cc12. The molecule has 32 heavy (non-hydrogen) atoms. The van der Waals surface area contributed by atoms with Gasteiger partial charge in [0.1, 0.15) is 17.4 Å². The quantitative estimate of drug-likeness (QED) is 0.623. The van der Waals surface area contributed by atoms with Crippen LogP contribution in [0.5, 0.6) is 5.75 Å². The summed E-state index contributed by atoms with van der Waals surface area (Å²) in [5, 5.41) is 3.89. The summed E-state index contributed by atoms with van der Waals surface area (Å²) in [6.45, 7) is 6.99. The third-order valence-corrected chi connectivity index (χ3v) is 6.57. The van der Waals surface area contributed by atoms with Gasteiger partial charge in [-0.2, -0.15) is 0 Å². The first-order valence-corrected chi connectivity index (χ1v) is 11.8. The largest absolute Gasteiger partial charge is 0.493 e. The van der Waals surface area contributed by atoms with Crippen LogP contribution in [0.4, 0.5) is 0 Å². The van der Waals surface area contributed by atoms with Gasteiger partial charge in [-0.3, -0.25) is 9.59 Å².